The number of hydrogen-bond acceptors (Lipinski definition) is 7. The lowest BCUT2D eigenvalue weighted by Crippen LogP contribution is -2.43. The summed E-state index contributed by atoms with van der Waals surface area (Å²) >= 11 is 1.70. The second-order valence-corrected chi connectivity index (χ2v) is 11.4. The molecule has 39 heavy (non-hydrogen) atoms. The summed E-state index contributed by atoms with van der Waals surface area (Å²) in [7, 11) is 0. The number of aliphatic hydroxyl groups excluding tert-OH is 1. The van der Waals surface area contributed by atoms with E-state index in [1.54, 1.807) is 21.2 Å². The first-order valence-corrected chi connectivity index (χ1v) is 14.6. The molecule has 0 unspecified atom stereocenters. The zero-order chi connectivity index (χ0) is 27.0. The Balaban J connectivity index is 1.19. The summed E-state index contributed by atoms with van der Waals surface area (Å²) in [6.45, 7) is 1.98. The van der Waals surface area contributed by atoms with Crippen LogP contribution in [0.15, 0.2) is 70.6 Å². The maximum Gasteiger partial charge on any atom is 0.264 e. The molecule has 9 heteroatoms. The minimum atomic E-state index is -0.252. The first-order chi connectivity index (χ1) is 19.1. The van der Waals surface area contributed by atoms with Gasteiger partial charge in [-0.15, -0.1) is 0 Å². The van der Waals surface area contributed by atoms with Gasteiger partial charge < -0.3 is 20.1 Å². The third kappa shape index (κ3) is 6.97. The van der Waals surface area contributed by atoms with Crippen LogP contribution in [0.25, 0.3) is 5.69 Å². The Morgan fingerprint density at radius 2 is 1.87 bits per heavy atom. The van der Waals surface area contributed by atoms with Crippen LogP contribution in [-0.4, -0.2) is 63.1 Å². The molecule has 1 aromatic heterocycles. The number of benzene rings is 2. The van der Waals surface area contributed by atoms with E-state index in [-0.39, 0.29) is 37.1 Å². The average molecular weight is 549 g/mol. The number of aromatic nitrogens is 2. The SMILES string of the molecule is O=C(CCN[C@H](CO)COCc1ccccc1)N1CCc2nc(SC3CCC3)n(-c3ccccc3)c(=O)c2C1. The highest BCUT2D eigenvalue weighted by atomic mass is 32.2. The minimum Gasteiger partial charge on any atom is -0.395 e. The number of fused-ring (bicyclic) bond motifs is 1. The van der Waals surface area contributed by atoms with Crippen LogP contribution in [0.3, 0.4) is 0 Å². The molecule has 1 saturated carbocycles. The van der Waals surface area contributed by atoms with Crippen molar-refractivity contribution < 1.29 is 14.6 Å². The van der Waals surface area contributed by atoms with Gasteiger partial charge >= 0.3 is 0 Å². The molecule has 2 heterocycles. The van der Waals surface area contributed by atoms with Gasteiger partial charge in [-0.25, -0.2) is 4.98 Å². The second kappa shape index (κ2) is 13.4. The smallest absolute Gasteiger partial charge is 0.264 e. The van der Waals surface area contributed by atoms with Crippen molar-refractivity contribution in [2.75, 3.05) is 26.3 Å². The quantitative estimate of drug-likeness (QED) is 0.335. The van der Waals surface area contributed by atoms with Gasteiger partial charge in [0.05, 0.1) is 49.4 Å². The van der Waals surface area contributed by atoms with E-state index in [1.807, 2.05) is 60.7 Å². The number of thioether (sulfide) groups is 1. The number of ether oxygens (including phenoxy) is 1. The Hall–Kier alpha value is -2.98. The molecule has 1 aliphatic carbocycles. The molecule has 8 nitrogen and oxygen atoms in total. The van der Waals surface area contributed by atoms with Gasteiger partial charge in [0.2, 0.25) is 5.91 Å². The van der Waals surface area contributed by atoms with Crippen LogP contribution in [-0.2, 0) is 29.1 Å². The van der Waals surface area contributed by atoms with Crippen LogP contribution in [0.5, 0.6) is 0 Å². The fraction of sp³-hybridized carbons (Fsp3) is 0.433. The number of amides is 1. The molecule has 2 aromatic carbocycles. The van der Waals surface area contributed by atoms with E-state index in [9.17, 15) is 14.7 Å². The van der Waals surface area contributed by atoms with Crippen LogP contribution in [0.4, 0.5) is 0 Å². The van der Waals surface area contributed by atoms with Gasteiger partial charge in [-0.1, -0.05) is 66.7 Å². The number of nitrogens with zero attached hydrogens (tertiary/aromatic N) is 3. The number of nitrogens with one attached hydrogen (secondary N) is 1. The van der Waals surface area contributed by atoms with Crippen molar-refractivity contribution in [3.8, 4) is 5.69 Å². The summed E-state index contributed by atoms with van der Waals surface area (Å²) in [6.07, 6.45) is 4.38. The van der Waals surface area contributed by atoms with Gasteiger partial charge in [-0.2, -0.15) is 0 Å². The molecule has 1 aliphatic heterocycles. The molecular formula is C30H36N4O4S. The predicted octanol–water partition coefficient (Wildman–Crippen LogP) is 3.32. The summed E-state index contributed by atoms with van der Waals surface area (Å²) in [6, 6.07) is 19.3. The topological polar surface area (TPSA) is 96.7 Å². The van der Waals surface area contributed by atoms with Gasteiger partial charge in [0.25, 0.3) is 5.56 Å². The number of aliphatic hydroxyl groups is 1. The van der Waals surface area contributed by atoms with E-state index in [2.05, 4.69) is 5.32 Å². The highest BCUT2D eigenvalue weighted by Crippen LogP contribution is 2.36. The molecule has 3 aromatic rings. The highest BCUT2D eigenvalue weighted by molar-refractivity contribution is 7.99. The number of hydrogen-bond donors (Lipinski definition) is 2. The zero-order valence-electron chi connectivity index (χ0n) is 22.1. The van der Waals surface area contributed by atoms with Crippen molar-refractivity contribution in [3.05, 3.63) is 87.8 Å². The van der Waals surface area contributed by atoms with Crippen LogP contribution < -0.4 is 10.9 Å². The molecule has 2 N–H and O–H groups in total. The third-order valence-electron chi connectivity index (χ3n) is 7.31. The van der Waals surface area contributed by atoms with Crippen molar-refractivity contribution >= 4 is 17.7 Å². The van der Waals surface area contributed by atoms with E-state index in [1.165, 1.54) is 6.42 Å². The van der Waals surface area contributed by atoms with Crippen molar-refractivity contribution in [1.82, 2.24) is 19.8 Å². The Kier molecular flexibility index (Phi) is 9.47. The molecule has 0 bridgehead atoms. The van der Waals surface area contributed by atoms with E-state index >= 15 is 0 Å². The summed E-state index contributed by atoms with van der Waals surface area (Å²) in [5.74, 6) is -0.0198. The van der Waals surface area contributed by atoms with Crippen LogP contribution in [0.1, 0.15) is 42.5 Å². The van der Waals surface area contributed by atoms with E-state index in [4.69, 9.17) is 9.72 Å². The lowest BCUT2D eigenvalue weighted by Gasteiger charge is -2.30. The standard InChI is InChI=1S/C30H36N4O4S/c35-19-23(21-38-20-22-8-3-1-4-9-22)31-16-14-28(36)33-17-15-27-26(18-33)29(37)34(24-10-5-2-6-11-24)30(32-27)39-25-12-7-13-25/h1-6,8-11,23,25,31,35H,7,12-21H2/t23-/m1/s1. The number of carbonyl (C=O) groups is 1. The maximum atomic E-state index is 13.8. The van der Waals surface area contributed by atoms with Gasteiger partial charge in [0.15, 0.2) is 5.16 Å². The molecule has 5 rings (SSSR count). The fourth-order valence-corrected chi connectivity index (χ4v) is 6.12. The van der Waals surface area contributed by atoms with Crippen molar-refractivity contribution in [3.63, 3.8) is 0 Å². The zero-order valence-corrected chi connectivity index (χ0v) is 22.9. The van der Waals surface area contributed by atoms with Crippen molar-refractivity contribution in [2.45, 2.75) is 61.7 Å². The first-order valence-electron chi connectivity index (χ1n) is 13.7. The van der Waals surface area contributed by atoms with Gasteiger partial charge in [0, 0.05) is 31.2 Å². The fourth-order valence-electron chi connectivity index (χ4n) is 4.80. The van der Waals surface area contributed by atoms with Crippen LogP contribution >= 0.6 is 11.8 Å². The maximum absolute atomic E-state index is 13.8. The Morgan fingerprint density at radius 3 is 2.56 bits per heavy atom. The number of para-hydroxylation sites is 1. The normalized spacial score (nSPS) is 16.0. The molecule has 1 atom stereocenters. The number of rotatable bonds is 12. The van der Waals surface area contributed by atoms with Gasteiger partial charge in [-0.05, 0) is 30.5 Å². The third-order valence-corrected chi connectivity index (χ3v) is 8.60. The lowest BCUT2D eigenvalue weighted by atomic mass is 10.0. The van der Waals surface area contributed by atoms with Crippen LogP contribution in [0, 0.1) is 0 Å². The number of carbonyl (C=O) groups excluding carboxylic acids is 1. The molecule has 2 aliphatic rings. The Bertz CT molecular complexity index is 1300. The monoisotopic (exact) mass is 548 g/mol. The molecule has 0 spiro atoms. The van der Waals surface area contributed by atoms with Gasteiger partial charge in [-0.3, -0.25) is 14.2 Å². The molecule has 0 saturated heterocycles. The summed E-state index contributed by atoms with van der Waals surface area (Å²) in [4.78, 5) is 33.5. The van der Waals surface area contributed by atoms with Crippen molar-refractivity contribution in [2.24, 2.45) is 0 Å². The molecular weight excluding hydrogens is 512 g/mol. The van der Waals surface area contributed by atoms with E-state index in [0.717, 1.165) is 34.9 Å². The summed E-state index contributed by atoms with van der Waals surface area (Å²) in [5, 5.41) is 14.2. The molecule has 1 fully saturated rings. The first kappa shape index (κ1) is 27.6. The summed E-state index contributed by atoms with van der Waals surface area (Å²) < 4.78 is 7.45. The summed E-state index contributed by atoms with van der Waals surface area (Å²) in [5.41, 5.74) is 3.21. The highest BCUT2D eigenvalue weighted by Gasteiger charge is 2.28. The second-order valence-electron chi connectivity index (χ2n) is 10.1. The molecule has 1 amide bonds. The average Bonchev–Trinajstić information content (AvgIpc) is 2.95. The van der Waals surface area contributed by atoms with E-state index < -0.39 is 0 Å². The largest absolute Gasteiger partial charge is 0.395 e. The molecule has 206 valence electrons. The lowest BCUT2D eigenvalue weighted by molar-refractivity contribution is -0.132. The van der Waals surface area contributed by atoms with E-state index in [0.29, 0.717) is 43.5 Å². The Labute approximate surface area is 233 Å². The predicted molar refractivity (Wildman–Crippen MR) is 152 cm³/mol. The van der Waals surface area contributed by atoms with Gasteiger partial charge in [0.1, 0.15) is 0 Å². The minimum absolute atomic E-state index is 0.0198. The Morgan fingerprint density at radius 1 is 1.13 bits per heavy atom. The van der Waals surface area contributed by atoms with Crippen molar-refractivity contribution in [1.29, 1.82) is 0 Å². The van der Waals surface area contributed by atoms with Crippen LogP contribution in [0.2, 0.25) is 0 Å². The molecule has 0 radical (unpaired) electrons.